The molecule has 82 valence electrons. The van der Waals surface area contributed by atoms with Crippen LogP contribution in [0.5, 0.6) is 0 Å². The van der Waals surface area contributed by atoms with Gasteiger partial charge < -0.3 is 5.32 Å². The largest absolute Gasteiger partial charge is 0.310 e. The van der Waals surface area contributed by atoms with Crippen LogP contribution < -0.4 is 5.32 Å². The highest BCUT2D eigenvalue weighted by molar-refractivity contribution is 5.47. The maximum Gasteiger partial charge on any atom is 0.0562 e. The molecule has 0 aliphatic carbocycles. The van der Waals surface area contributed by atoms with Crippen molar-refractivity contribution in [3.63, 3.8) is 0 Å². The molecule has 2 unspecified atom stereocenters. The van der Waals surface area contributed by atoms with Gasteiger partial charge in [-0.25, -0.2) is 0 Å². The Morgan fingerprint density at radius 1 is 1.60 bits per heavy atom. The third kappa shape index (κ3) is 2.93. The van der Waals surface area contributed by atoms with Crippen LogP contribution in [0, 0.1) is 5.92 Å². The van der Waals surface area contributed by atoms with Gasteiger partial charge in [0.05, 0.1) is 6.20 Å². The molecule has 0 aromatic carbocycles. The van der Waals surface area contributed by atoms with E-state index in [0.29, 0.717) is 6.04 Å². The Morgan fingerprint density at radius 2 is 2.47 bits per heavy atom. The molecule has 0 spiro atoms. The lowest BCUT2D eigenvalue weighted by molar-refractivity contribution is 0.357. The van der Waals surface area contributed by atoms with E-state index in [1.807, 2.05) is 24.1 Å². The van der Waals surface area contributed by atoms with E-state index in [1.54, 1.807) is 0 Å². The molecule has 1 saturated heterocycles. The molecule has 2 atom stereocenters. The SMILES string of the molecule is CC1CCNC(/C=C/c2cnn(C)c2)C1. The van der Waals surface area contributed by atoms with Crippen LogP contribution in [0.2, 0.25) is 0 Å². The van der Waals surface area contributed by atoms with E-state index >= 15 is 0 Å². The third-order valence-corrected chi connectivity index (χ3v) is 2.95. The molecular weight excluding hydrogens is 186 g/mol. The van der Waals surface area contributed by atoms with Crippen LogP contribution in [0.1, 0.15) is 25.3 Å². The molecule has 15 heavy (non-hydrogen) atoms. The Bertz CT molecular complexity index is 340. The molecule has 1 aliphatic heterocycles. The van der Waals surface area contributed by atoms with Gasteiger partial charge in [-0.15, -0.1) is 0 Å². The van der Waals surface area contributed by atoms with Crippen molar-refractivity contribution in [1.29, 1.82) is 0 Å². The maximum atomic E-state index is 4.14. The van der Waals surface area contributed by atoms with E-state index in [1.165, 1.54) is 18.4 Å². The third-order valence-electron chi connectivity index (χ3n) is 2.95. The standard InChI is InChI=1S/C12H19N3/c1-10-5-6-13-12(7-10)4-3-11-8-14-15(2)9-11/h3-4,8-10,12-13H,5-7H2,1-2H3/b4-3+. The van der Waals surface area contributed by atoms with Gasteiger partial charge in [0.25, 0.3) is 0 Å². The van der Waals surface area contributed by atoms with Crippen molar-refractivity contribution in [3.05, 3.63) is 24.0 Å². The Morgan fingerprint density at radius 3 is 3.13 bits per heavy atom. The smallest absolute Gasteiger partial charge is 0.0562 e. The first-order valence-electron chi connectivity index (χ1n) is 5.64. The van der Waals surface area contributed by atoms with Gasteiger partial charge in [0.2, 0.25) is 0 Å². The van der Waals surface area contributed by atoms with E-state index in [0.717, 1.165) is 12.5 Å². The van der Waals surface area contributed by atoms with E-state index in [4.69, 9.17) is 0 Å². The molecule has 2 rings (SSSR count). The Hall–Kier alpha value is -1.09. The predicted octanol–water partition coefficient (Wildman–Crippen LogP) is 1.82. The quantitative estimate of drug-likeness (QED) is 0.798. The van der Waals surface area contributed by atoms with Crippen molar-refractivity contribution in [2.45, 2.75) is 25.8 Å². The number of piperidine rings is 1. The zero-order chi connectivity index (χ0) is 10.7. The molecule has 1 aliphatic rings. The first-order valence-corrected chi connectivity index (χ1v) is 5.64. The van der Waals surface area contributed by atoms with Crippen LogP contribution in [0.25, 0.3) is 6.08 Å². The fourth-order valence-corrected chi connectivity index (χ4v) is 2.05. The maximum absolute atomic E-state index is 4.14. The van der Waals surface area contributed by atoms with Crippen LogP contribution in [0.3, 0.4) is 0 Å². The molecule has 1 N–H and O–H groups in total. The average molecular weight is 205 g/mol. The summed E-state index contributed by atoms with van der Waals surface area (Å²) >= 11 is 0. The minimum absolute atomic E-state index is 0.536. The zero-order valence-corrected chi connectivity index (χ0v) is 9.48. The summed E-state index contributed by atoms with van der Waals surface area (Å²) in [5, 5.41) is 7.65. The molecular formula is C12H19N3. The second-order valence-corrected chi connectivity index (χ2v) is 4.50. The molecule has 1 aromatic rings. The molecule has 2 heterocycles. The summed E-state index contributed by atoms with van der Waals surface area (Å²) in [4.78, 5) is 0. The average Bonchev–Trinajstić information content (AvgIpc) is 2.62. The van der Waals surface area contributed by atoms with Crippen molar-refractivity contribution < 1.29 is 0 Å². The van der Waals surface area contributed by atoms with Crippen LogP contribution in [0.15, 0.2) is 18.5 Å². The number of hydrogen-bond donors (Lipinski definition) is 1. The molecule has 0 amide bonds. The highest BCUT2D eigenvalue weighted by Gasteiger charge is 2.15. The van der Waals surface area contributed by atoms with E-state index < -0.39 is 0 Å². The Kier molecular flexibility index (Phi) is 3.21. The first-order chi connectivity index (χ1) is 7.24. The van der Waals surface area contributed by atoms with Crippen LogP contribution in [-0.2, 0) is 7.05 Å². The summed E-state index contributed by atoms with van der Waals surface area (Å²) in [6, 6.07) is 0.536. The number of aryl methyl sites for hydroxylation is 1. The lowest BCUT2D eigenvalue weighted by Crippen LogP contribution is -2.35. The Labute approximate surface area is 91.2 Å². The second kappa shape index (κ2) is 4.62. The second-order valence-electron chi connectivity index (χ2n) is 4.50. The summed E-state index contributed by atoms with van der Waals surface area (Å²) < 4.78 is 1.83. The highest BCUT2D eigenvalue weighted by atomic mass is 15.2. The monoisotopic (exact) mass is 205 g/mol. The topological polar surface area (TPSA) is 29.9 Å². The number of nitrogens with zero attached hydrogens (tertiary/aromatic N) is 2. The predicted molar refractivity (Wildman–Crippen MR) is 62.4 cm³/mol. The molecule has 0 saturated carbocycles. The number of rotatable bonds is 2. The first kappa shape index (κ1) is 10.4. The van der Waals surface area contributed by atoms with Gasteiger partial charge in [-0.1, -0.05) is 19.1 Å². The van der Waals surface area contributed by atoms with Crippen molar-refractivity contribution >= 4 is 6.08 Å². The van der Waals surface area contributed by atoms with E-state index in [-0.39, 0.29) is 0 Å². The van der Waals surface area contributed by atoms with Crippen molar-refractivity contribution in [2.24, 2.45) is 13.0 Å². The van der Waals surface area contributed by atoms with Crippen LogP contribution in [0.4, 0.5) is 0 Å². The van der Waals surface area contributed by atoms with Crippen LogP contribution >= 0.6 is 0 Å². The summed E-state index contributed by atoms with van der Waals surface area (Å²) in [6.07, 6.45) is 10.9. The van der Waals surface area contributed by atoms with Crippen molar-refractivity contribution in [1.82, 2.24) is 15.1 Å². The minimum Gasteiger partial charge on any atom is -0.310 e. The van der Waals surface area contributed by atoms with Gasteiger partial charge in [-0.3, -0.25) is 4.68 Å². The summed E-state index contributed by atoms with van der Waals surface area (Å²) in [5.74, 6) is 0.842. The number of hydrogen-bond acceptors (Lipinski definition) is 2. The van der Waals surface area contributed by atoms with Gasteiger partial charge in [-0.05, 0) is 25.3 Å². The summed E-state index contributed by atoms with van der Waals surface area (Å²) in [7, 11) is 1.94. The molecule has 0 radical (unpaired) electrons. The summed E-state index contributed by atoms with van der Waals surface area (Å²) in [5.41, 5.74) is 1.18. The number of nitrogens with one attached hydrogen (secondary N) is 1. The molecule has 1 aromatic heterocycles. The summed E-state index contributed by atoms with van der Waals surface area (Å²) in [6.45, 7) is 3.47. The lowest BCUT2D eigenvalue weighted by atomic mass is 9.94. The number of aromatic nitrogens is 2. The molecule has 0 bridgehead atoms. The highest BCUT2D eigenvalue weighted by Crippen LogP contribution is 2.16. The van der Waals surface area contributed by atoms with Gasteiger partial charge in [-0.2, -0.15) is 5.10 Å². The van der Waals surface area contributed by atoms with Gasteiger partial charge in [0.1, 0.15) is 0 Å². The van der Waals surface area contributed by atoms with Crippen molar-refractivity contribution in [3.8, 4) is 0 Å². The van der Waals surface area contributed by atoms with Crippen molar-refractivity contribution in [2.75, 3.05) is 6.54 Å². The van der Waals surface area contributed by atoms with Crippen LogP contribution in [-0.4, -0.2) is 22.4 Å². The molecule has 3 heteroatoms. The lowest BCUT2D eigenvalue weighted by Gasteiger charge is -2.25. The zero-order valence-electron chi connectivity index (χ0n) is 9.48. The molecule has 3 nitrogen and oxygen atoms in total. The normalized spacial score (nSPS) is 27.3. The fourth-order valence-electron chi connectivity index (χ4n) is 2.05. The van der Waals surface area contributed by atoms with E-state index in [2.05, 4.69) is 29.5 Å². The van der Waals surface area contributed by atoms with Gasteiger partial charge >= 0.3 is 0 Å². The van der Waals surface area contributed by atoms with Gasteiger partial charge in [0.15, 0.2) is 0 Å². The van der Waals surface area contributed by atoms with Gasteiger partial charge in [0, 0.05) is 24.8 Å². The minimum atomic E-state index is 0.536. The van der Waals surface area contributed by atoms with E-state index in [9.17, 15) is 0 Å². The Balaban J connectivity index is 1.93. The molecule has 1 fully saturated rings. The fraction of sp³-hybridized carbons (Fsp3) is 0.583.